The standard InChI is InChI=1S/C44H27NOS/c1-2-14-28(15-3-1)41-33-20-6-4-16-29(33)30-17-5-7-21-34(30)42(41)45(37-24-12-22-35-31-18-8-10-26-39(31)46-43(35)37)38-25-13-23-36-32-19-9-11-27-40(32)47-44(36)38/h1-27H. The minimum absolute atomic E-state index is 0.878. The zero-order chi connectivity index (χ0) is 30.9. The van der Waals surface area contributed by atoms with Gasteiger partial charge in [0.15, 0.2) is 5.58 Å². The molecule has 2 heterocycles. The Morgan fingerprint density at radius 1 is 0.404 bits per heavy atom. The molecule has 0 bridgehead atoms. The largest absolute Gasteiger partial charge is 0.454 e. The van der Waals surface area contributed by atoms with Gasteiger partial charge >= 0.3 is 0 Å². The van der Waals surface area contributed by atoms with E-state index in [9.17, 15) is 0 Å². The first-order chi connectivity index (χ1) is 23.3. The van der Waals surface area contributed by atoms with Gasteiger partial charge in [-0.25, -0.2) is 0 Å². The normalized spacial score (nSPS) is 11.8. The number of anilines is 3. The molecule has 10 aromatic rings. The van der Waals surface area contributed by atoms with Crippen LogP contribution in [0.5, 0.6) is 0 Å². The van der Waals surface area contributed by atoms with Gasteiger partial charge in [-0.15, -0.1) is 11.3 Å². The van der Waals surface area contributed by atoms with Gasteiger partial charge in [0.25, 0.3) is 0 Å². The van der Waals surface area contributed by atoms with Crippen molar-refractivity contribution in [3.8, 4) is 11.1 Å². The summed E-state index contributed by atoms with van der Waals surface area (Å²) >= 11 is 1.85. The van der Waals surface area contributed by atoms with Gasteiger partial charge < -0.3 is 9.32 Å². The molecule has 47 heavy (non-hydrogen) atoms. The van der Waals surface area contributed by atoms with Crippen LogP contribution in [0.4, 0.5) is 17.1 Å². The molecule has 0 spiro atoms. The predicted molar refractivity (Wildman–Crippen MR) is 202 cm³/mol. The van der Waals surface area contributed by atoms with E-state index < -0.39 is 0 Å². The van der Waals surface area contributed by atoms with Crippen molar-refractivity contribution in [1.82, 2.24) is 0 Å². The fraction of sp³-hybridized carbons (Fsp3) is 0. The van der Waals surface area contributed by atoms with Crippen LogP contribution < -0.4 is 4.90 Å². The molecule has 0 N–H and O–H groups in total. The SMILES string of the molecule is c1ccc(-c2c(N(c3cccc4c3oc3ccccc34)c3cccc4c3sc3ccccc34)c3ccccc3c3ccccc23)cc1. The zero-order valence-electron chi connectivity index (χ0n) is 25.4. The van der Waals surface area contributed by atoms with Crippen molar-refractivity contribution in [3.05, 3.63) is 164 Å². The maximum atomic E-state index is 6.79. The number of thiophene rings is 1. The first-order valence-corrected chi connectivity index (χ1v) is 16.8. The number of rotatable bonds is 4. The van der Waals surface area contributed by atoms with Crippen LogP contribution in [0.1, 0.15) is 0 Å². The second kappa shape index (κ2) is 10.3. The summed E-state index contributed by atoms with van der Waals surface area (Å²) in [4.78, 5) is 2.49. The molecule has 0 amide bonds. The molecule has 0 aliphatic carbocycles. The maximum Gasteiger partial charge on any atom is 0.159 e. The molecule has 0 fully saturated rings. The number of para-hydroxylation sites is 2. The van der Waals surface area contributed by atoms with Crippen LogP contribution in [0.3, 0.4) is 0 Å². The molecule has 220 valence electrons. The van der Waals surface area contributed by atoms with Crippen LogP contribution in [-0.4, -0.2) is 0 Å². The molecular formula is C44H27NOS. The average molecular weight is 618 g/mol. The Hall–Kier alpha value is -5.90. The Kier molecular flexibility index (Phi) is 5.78. The van der Waals surface area contributed by atoms with Crippen LogP contribution in [0.2, 0.25) is 0 Å². The second-order valence-corrected chi connectivity index (χ2v) is 13.1. The zero-order valence-corrected chi connectivity index (χ0v) is 26.2. The average Bonchev–Trinajstić information content (AvgIpc) is 3.72. The smallest absolute Gasteiger partial charge is 0.159 e. The molecular weight excluding hydrogens is 591 g/mol. The monoisotopic (exact) mass is 617 g/mol. The van der Waals surface area contributed by atoms with E-state index in [1.165, 1.54) is 52.8 Å². The summed E-state index contributed by atoms with van der Waals surface area (Å²) in [5.74, 6) is 0. The molecule has 0 saturated heterocycles. The number of benzene rings is 8. The maximum absolute atomic E-state index is 6.79. The topological polar surface area (TPSA) is 16.4 Å². The van der Waals surface area contributed by atoms with E-state index in [1.807, 2.05) is 17.4 Å². The lowest BCUT2D eigenvalue weighted by molar-refractivity contribution is 0.669. The Morgan fingerprint density at radius 2 is 0.979 bits per heavy atom. The van der Waals surface area contributed by atoms with E-state index in [-0.39, 0.29) is 0 Å². The number of nitrogens with zero attached hydrogens (tertiary/aromatic N) is 1. The lowest BCUT2D eigenvalue weighted by Gasteiger charge is -2.31. The molecule has 0 saturated carbocycles. The molecule has 0 aliphatic rings. The van der Waals surface area contributed by atoms with Crippen molar-refractivity contribution < 1.29 is 4.42 Å². The highest BCUT2D eigenvalue weighted by atomic mass is 32.1. The molecule has 0 aliphatic heterocycles. The van der Waals surface area contributed by atoms with Crippen molar-refractivity contribution in [3.63, 3.8) is 0 Å². The van der Waals surface area contributed by atoms with Crippen molar-refractivity contribution >= 4 is 92.1 Å². The summed E-state index contributed by atoms with van der Waals surface area (Å²) in [6, 6.07) is 58.9. The van der Waals surface area contributed by atoms with E-state index >= 15 is 0 Å². The minimum Gasteiger partial charge on any atom is -0.454 e. The fourth-order valence-corrected chi connectivity index (χ4v) is 8.65. The van der Waals surface area contributed by atoms with E-state index in [1.54, 1.807) is 0 Å². The van der Waals surface area contributed by atoms with Gasteiger partial charge in [0, 0.05) is 37.2 Å². The Balaban J connectivity index is 1.44. The van der Waals surface area contributed by atoms with Gasteiger partial charge in [0.2, 0.25) is 0 Å². The third kappa shape index (κ3) is 3.90. The summed E-state index contributed by atoms with van der Waals surface area (Å²) in [5, 5.41) is 9.65. The summed E-state index contributed by atoms with van der Waals surface area (Å²) in [7, 11) is 0. The van der Waals surface area contributed by atoms with Gasteiger partial charge in [-0.3, -0.25) is 0 Å². The van der Waals surface area contributed by atoms with Crippen molar-refractivity contribution in [1.29, 1.82) is 0 Å². The molecule has 0 unspecified atom stereocenters. The van der Waals surface area contributed by atoms with Gasteiger partial charge in [-0.2, -0.15) is 0 Å². The van der Waals surface area contributed by atoms with Gasteiger partial charge in [-0.05, 0) is 46.0 Å². The highest BCUT2D eigenvalue weighted by Crippen LogP contribution is 2.53. The summed E-state index contributed by atoms with van der Waals surface area (Å²) in [6.07, 6.45) is 0. The highest BCUT2D eigenvalue weighted by molar-refractivity contribution is 7.26. The summed E-state index contributed by atoms with van der Waals surface area (Å²) in [5.41, 5.74) is 7.43. The van der Waals surface area contributed by atoms with Crippen LogP contribution in [-0.2, 0) is 0 Å². The Bertz CT molecular complexity index is 2690. The molecule has 8 aromatic carbocycles. The number of furan rings is 1. The van der Waals surface area contributed by atoms with E-state index in [0.29, 0.717) is 0 Å². The number of hydrogen-bond donors (Lipinski definition) is 0. The Morgan fingerprint density at radius 3 is 1.79 bits per heavy atom. The molecule has 0 atom stereocenters. The highest BCUT2D eigenvalue weighted by Gasteiger charge is 2.27. The van der Waals surface area contributed by atoms with Crippen LogP contribution in [0.15, 0.2) is 168 Å². The molecule has 3 heteroatoms. The van der Waals surface area contributed by atoms with Gasteiger partial charge in [-0.1, -0.05) is 140 Å². The minimum atomic E-state index is 0.878. The lowest BCUT2D eigenvalue weighted by atomic mass is 9.90. The Labute approximate surface area is 275 Å². The fourth-order valence-electron chi connectivity index (χ4n) is 7.44. The number of fused-ring (bicyclic) bond motifs is 9. The number of hydrogen-bond acceptors (Lipinski definition) is 3. The van der Waals surface area contributed by atoms with Crippen LogP contribution in [0.25, 0.3) is 74.8 Å². The molecule has 10 rings (SSSR count). The predicted octanol–water partition coefficient (Wildman–Crippen LogP) is 13.4. The molecule has 2 nitrogen and oxygen atoms in total. The van der Waals surface area contributed by atoms with Crippen molar-refractivity contribution in [2.75, 3.05) is 4.90 Å². The summed E-state index contributed by atoms with van der Waals surface area (Å²) in [6.45, 7) is 0. The third-order valence-corrected chi connectivity index (χ3v) is 10.6. The van der Waals surface area contributed by atoms with Gasteiger partial charge in [0.1, 0.15) is 5.58 Å². The summed E-state index contributed by atoms with van der Waals surface area (Å²) < 4.78 is 9.31. The van der Waals surface area contributed by atoms with Crippen LogP contribution in [0, 0.1) is 0 Å². The van der Waals surface area contributed by atoms with E-state index in [2.05, 4.69) is 163 Å². The lowest BCUT2D eigenvalue weighted by Crippen LogP contribution is -2.13. The molecule has 0 radical (unpaired) electrons. The van der Waals surface area contributed by atoms with Crippen molar-refractivity contribution in [2.45, 2.75) is 0 Å². The third-order valence-electron chi connectivity index (χ3n) is 9.44. The molecule has 2 aromatic heterocycles. The van der Waals surface area contributed by atoms with E-state index in [4.69, 9.17) is 4.42 Å². The quantitative estimate of drug-likeness (QED) is 0.183. The van der Waals surface area contributed by atoms with Crippen molar-refractivity contribution in [2.24, 2.45) is 0 Å². The van der Waals surface area contributed by atoms with Crippen LogP contribution >= 0.6 is 11.3 Å². The van der Waals surface area contributed by atoms with E-state index in [0.717, 1.165) is 39.0 Å². The first kappa shape index (κ1) is 26.3. The first-order valence-electron chi connectivity index (χ1n) is 15.9. The van der Waals surface area contributed by atoms with Gasteiger partial charge in [0.05, 0.1) is 21.8 Å². The second-order valence-electron chi connectivity index (χ2n) is 12.0.